The van der Waals surface area contributed by atoms with Gasteiger partial charge in [0, 0.05) is 37.6 Å². The molecule has 0 spiro atoms. The van der Waals surface area contributed by atoms with E-state index in [9.17, 15) is 0 Å². The summed E-state index contributed by atoms with van der Waals surface area (Å²) in [6.07, 6.45) is 0. The summed E-state index contributed by atoms with van der Waals surface area (Å²) < 4.78 is 5.55. The highest BCUT2D eigenvalue weighted by Crippen LogP contribution is 2.25. The third-order valence-electron chi connectivity index (χ3n) is 5.11. The summed E-state index contributed by atoms with van der Waals surface area (Å²) in [5, 5.41) is 9.11. The second kappa shape index (κ2) is 14.1. The van der Waals surface area contributed by atoms with E-state index in [1.54, 1.807) is 0 Å². The highest BCUT2D eigenvalue weighted by Gasteiger charge is 2.23. The Morgan fingerprint density at radius 1 is 1.13 bits per heavy atom. The van der Waals surface area contributed by atoms with Crippen LogP contribution < -0.4 is 10.6 Å². The van der Waals surface area contributed by atoms with Crippen molar-refractivity contribution in [3.8, 4) is 0 Å². The number of benzene rings is 1. The van der Waals surface area contributed by atoms with Gasteiger partial charge in [-0.3, -0.25) is 4.90 Å². The minimum Gasteiger partial charge on any atom is -0.379 e. The molecule has 1 aliphatic rings. The molecule has 0 bridgehead atoms. The molecule has 31 heavy (non-hydrogen) atoms. The summed E-state index contributed by atoms with van der Waals surface area (Å²) in [5.74, 6) is 0.865. The van der Waals surface area contributed by atoms with Gasteiger partial charge in [0.1, 0.15) is 0 Å². The Bertz CT molecular complexity index is 761. The van der Waals surface area contributed by atoms with Gasteiger partial charge in [-0.2, -0.15) is 0 Å². The van der Waals surface area contributed by atoms with Crippen LogP contribution in [-0.4, -0.2) is 69.2 Å². The number of halogens is 1. The zero-order chi connectivity index (χ0) is 21.2. The summed E-state index contributed by atoms with van der Waals surface area (Å²) in [6, 6.07) is 13.4. The van der Waals surface area contributed by atoms with Crippen LogP contribution >= 0.6 is 35.3 Å². The summed E-state index contributed by atoms with van der Waals surface area (Å²) in [6.45, 7) is 8.95. The number of aliphatic imine (C=N–C) groups is 1. The summed E-state index contributed by atoms with van der Waals surface area (Å²) in [4.78, 5) is 10.9. The van der Waals surface area contributed by atoms with Gasteiger partial charge in [-0.1, -0.05) is 30.3 Å². The van der Waals surface area contributed by atoms with Gasteiger partial charge in [0.05, 0.1) is 25.8 Å². The van der Waals surface area contributed by atoms with Crippen molar-refractivity contribution in [2.24, 2.45) is 4.99 Å². The van der Waals surface area contributed by atoms with Crippen molar-refractivity contribution in [2.45, 2.75) is 26.1 Å². The van der Waals surface area contributed by atoms with E-state index in [1.165, 1.54) is 16.0 Å². The fraction of sp³-hybridized carbons (Fsp3) is 0.522. The topological polar surface area (TPSA) is 52.1 Å². The van der Waals surface area contributed by atoms with Gasteiger partial charge in [0.15, 0.2) is 5.96 Å². The number of nitrogens with one attached hydrogen (secondary N) is 2. The Morgan fingerprint density at radius 3 is 2.45 bits per heavy atom. The SMILES string of the molecule is CCNC(=NCc1ccc(CN(C)C)cc1)NCC(c1cccs1)N1CCOCC1.I. The van der Waals surface area contributed by atoms with Crippen molar-refractivity contribution in [1.82, 2.24) is 20.4 Å². The Kier molecular flexibility index (Phi) is 11.8. The zero-order valence-corrected chi connectivity index (χ0v) is 22.0. The van der Waals surface area contributed by atoms with Crippen LogP contribution in [0.2, 0.25) is 0 Å². The smallest absolute Gasteiger partial charge is 0.191 e. The van der Waals surface area contributed by atoms with Crippen LogP contribution in [0.25, 0.3) is 0 Å². The maximum absolute atomic E-state index is 5.55. The molecule has 8 heteroatoms. The Labute approximate surface area is 208 Å². The molecule has 0 radical (unpaired) electrons. The van der Waals surface area contributed by atoms with Crippen LogP contribution in [0.4, 0.5) is 0 Å². The number of guanidine groups is 1. The van der Waals surface area contributed by atoms with Crippen LogP contribution in [0, 0.1) is 0 Å². The fourth-order valence-electron chi connectivity index (χ4n) is 3.60. The zero-order valence-electron chi connectivity index (χ0n) is 18.8. The van der Waals surface area contributed by atoms with Crippen molar-refractivity contribution in [1.29, 1.82) is 0 Å². The highest BCUT2D eigenvalue weighted by atomic mass is 127. The Morgan fingerprint density at radius 2 is 1.84 bits per heavy atom. The van der Waals surface area contributed by atoms with E-state index in [1.807, 2.05) is 11.3 Å². The molecule has 1 unspecified atom stereocenters. The lowest BCUT2D eigenvalue weighted by atomic mass is 10.1. The minimum absolute atomic E-state index is 0. The third kappa shape index (κ3) is 8.69. The summed E-state index contributed by atoms with van der Waals surface area (Å²) in [5.41, 5.74) is 2.54. The van der Waals surface area contributed by atoms with Crippen molar-refractivity contribution in [3.05, 3.63) is 57.8 Å². The molecule has 3 rings (SSSR count). The van der Waals surface area contributed by atoms with Crippen LogP contribution in [-0.2, 0) is 17.8 Å². The third-order valence-corrected chi connectivity index (χ3v) is 6.08. The second-order valence-electron chi connectivity index (χ2n) is 7.81. The molecule has 1 aliphatic heterocycles. The molecule has 2 N–H and O–H groups in total. The van der Waals surface area contributed by atoms with Crippen LogP contribution in [0.15, 0.2) is 46.8 Å². The fourth-order valence-corrected chi connectivity index (χ4v) is 4.46. The summed E-state index contributed by atoms with van der Waals surface area (Å²) in [7, 11) is 4.18. The van der Waals surface area contributed by atoms with E-state index >= 15 is 0 Å². The first kappa shape index (κ1) is 26.1. The number of rotatable bonds is 9. The van der Waals surface area contributed by atoms with E-state index in [0.29, 0.717) is 12.6 Å². The van der Waals surface area contributed by atoms with Gasteiger partial charge in [0.25, 0.3) is 0 Å². The highest BCUT2D eigenvalue weighted by molar-refractivity contribution is 14.0. The molecule has 1 saturated heterocycles. The molecule has 172 valence electrons. The Balaban J connectivity index is 0.00000341. The predicted octanol–water partition coefficient (Wildman–Crippen LogP) is 3.56. The van der Waals surface area contributed by atoms with E-state index in [2.05, 4.69) is 83.2 Å². The van der Waals surface area contributed by atoms with Crippen molar-refractivity contribution < 1.29 is 4.74 Å². The molecule has 2 aromatic rings. The molecule has 1 aromatic heterocycles. The maximum atomic E-state index is 5.55. The van der Waals surface area contributed by atoms with Gasteiger partial charge < -0.3 is 20.3 Å². The first-order valence-corrected chi connectivity index (χ1v) is 11.6. The molecule has 1 fully saturated rings. The van der Waals surface area contributed by atoms with Gasteiger partial charge >= 0.3 is 0 Å². The Hall–Kier alpha value is -1.20. The van der Waals surface area contributed by atoms with Gasteiger partial charge in [-0.25, -0.2) is 4.99 Å². The lowest BCUT2D eigenvalue weighted by Gasteiger charge is -2.34. The largest absolute Gasteiger partial charge is 0.379 e. The second-order valence-corrected chi connectivity index (χ2v) is 8.79. The number of morpholine rings is 1. The summed E-state index contributed by atoms with van der Waals surface area (Å²) >= 11 is 1.82. The van der Waals surface area contributed by atoms with Crippen LogP contribution in [0.1, 0.15) is 29.0 Å². The quantitative estimate of drug-likeness (QED) is 0.281. The maximum Gasteiger partial charge on any atom is 0.191 e. The van der Waals surface area contributed by atoms with Gasteiger partial charge in [-0.05, 0) is 43.6 Å². The molecule has 0 saturated carbocycles. The predicted molar refractivity (Wildman–Crippen MR) is 142 cm³/mol. The number of nitrogens with zero attached hydrogens (tertiary/aromatic N) is 3. The minimum atomic E-state index is 0. The van der Waals surface area contributed by atoms with Crippen molar-refractivity contribution in [3.63, 3.8) is 0 Å². The van der Waals surface area contributed by atoms with Crippen LogP contribution in [0.5, 0.6) is 0 Å². The van der Waals surface area contributed by atoms with E-state index in [0.717, 1.165) is 51.9 Å². The average Bonchev–Trinajstić information content (AvgIpc) is 3.28. The molecule has 1 atom stereocenters. The molecular weight excluding hydrogens is 521 g/mol. The standard InChI is InChI=1S/C23H35N5OS.HI/c1-4-24-23(25-16-19-7-9-20(10-8-19)18-27(2)3)26-17-21(22-6-5-15-30-22)28-11-13-29-14-12-28;/h5-10,15,21H,4,11-14,16-18H2,1-3H3,(H2,24,25,26);1H. The van der Waals surface area contributed by atoms with Crippen molar-refractivity contribution >= 4 is 41.3 Å². The van der Waals surface area contributed by atoms with Gasteiger partial charge in [0.2, 0.25) is 0 Å². The van der Waals surface area contributed by atoms with Crippen LogP contribution in [0.3, 0.4) is 0 Å². The van der Waals surface area contributed by atoms with E-state index < -0.39 is 0 Å². The molecule has 2 heterocycles. The van der Waals surface area contributed by atoms with E-state index in [-0.39, 0.29) is 24.0 Å². The van der Waals surface area contributed by atoms with Crippen molar-refractivity contribution in [2.75, 3.05) is 53.5 Å². The number of hydrogen-bond acceptors (Lipinski definition) is 5. The first-order chi connectivity index (χ1) is 14.7. The first-order valence-electron chi connectivity index (χ1n) is 10.8. The number of thiophene rings is 1. The average molecular weight is 558 g/mol. The molecule has 0 amide bonds. The normalized spacial score (nSPS) is 16.1. The number of hydrogen-bond donors (Lipinski definition) is 2. The molecule has 1 aromatic carbocycles. The lowest BCUT2D eigenvalue weighted by Crippen LogP contribution is -2.46. The molecule has 0 aliphatic carbocycles. The molecular formula is C23H36IN5OS. The number of ether oxygens (including phenoxy) is 1. The van der Waals surface area contributed by atoms with E-state index in [4.69, 9.17) is 9.73 Å². The molecule has 6 nitrogen and oxygen atoms in total. The van der Waals surface area contributed by atoms with Gasteiger partial charge in [-0.15, -0.1) is 35.3 Å². The monoisotopic (exact) mass is 557 g/mol. The lowest BCUT2D eigenvalue weighted by molar-refractivity contribution is 0.0177.